The predicted molar refractivity (Wildman–Crippen MR) is 78.9 cm³/mol. The molecule has 0 aliphatic carbocycles. The van der Waals surface area contributed by atoms with E-state index in [1.807, 2.05) is 0 Å². The Kier molecular flexibility index (Phi) is 8.26. The van der Waals surface area contributed by atoms with Gasteiger partial charge in [-0.25, -0.2) is 0 Å². The molecule has 0 spiro atoms. The summed E-state index contributed by atoms with van der Waals surface area (Å²) < 4.78 is 10.3. The average Bonchev–Trinajstić information content (AvgIpc) is 2.92. The highest BCUT2D eigenvalue weighted by molar-refractivity contribution is 5.86. The van der Waals surface area contributed by atoms with Gasteiger partial charge in [0.05, 0.1) is 32.3 Å². The topological polar surface area (TPSA) is 79.9 Å². The summed E-state index contributed by atoms with van der Waals surface area (Å²) in [5, 5.41) is 6.02. The smallest absolute Gasteiger partial charge is 0.239 e. The Labute approximate surface area is 126 Å². The van der Waals surface area contributed by atoms with E-state index < -0.39 is 0 Å². The van der Waals surface area contributed by atoms with Gasteiger partial charge in [0, 0.05) is 26.7 Å². The van der Waals surface area contributed by atoms with Crippen molar-refractivity contribution in [3.05, 3.63) is 0 Å². The van der Waals surface area contributed by atoms with Crippen LogP contribution in [0.4, 0.5) is 0 Å². The van der Waals surface area contributed by atoms with Gasteiger partial charge in [-0.15, -0.1) is 0 Å². The van der Waals surface area contributed by atoms with Crippen LogP contribution >= 0.6 is 0 Å². The number of hydrogen-bond acceptors (Lipinski definition) is 5. The standard InChI is InChI=1S/C14H27N3O4/c1-4-5-15-12-10-21-9-11(12)14(19)17(2)8-13(18)16-6-7-20-3/h11-12,15H,4-10H2,1-3H3,(H,16,18). The highest BCUT2D eigenvalue weighted by Crippen LogP contribution is 2.16. The van der Waals surface area contributed by atoms with Gasteiger partial charge in [-0.2, -0.15) is 0 Å². The van der Waals surface area contributed by atoms with Crippen LogP contribution in [0.5, 0.6) is 0 Å². The number of amides is 2. The molecule has 7 heteroatoms. The van der Waals surface area contributed by atoms with Gasteiger partial charge in [0.25, 0.3) is 0 Å². The molecule has 0 bridgehead atoms. The fraction of sp³-hybridized carbons (Fsp3) is 0.857. The third-order valence-corrected chi connectivity index (χ3v) is 3.44. The summed E-state index contributed by atoms with van der Waals surface area (Å²) in [6.07, 6.45) is 1.01. The zero-order valence-electron chi connectivity index (χ0n) is 13.2. The normalized spacial score (nSPS) is 21.3. The van der Waals surface area contributed by atoms with Crippen LogP contribution in [0.3, 0.4) is 0 Å². The third kappa shape index (κ3) is 5.99. The van der Waals surface area contributed by atoms with Crippen molar-refractivity contribution in [1.29, 1.82) is 0 Å². The van der Waals surface area contributed by atoms with Crippen molar-refractivity contribution in [1.82, 2.24) is 15.5 Å². The maximum atomic E-state index is 12.4. The molecule has 1 aliphatic rings. The van der Waals surface area contributed by atoms with Gasteiger partial charge >= 0.3 is 0 Å². The second-order valence-electron chi connectivity index (χ2n) is 5.24. The van der Waals surface area contributed by atoms with Gasteiger partial charge in [-0.05, 0) is 13.0 Å². The van der Waals surface area contributed by atoms with E-state index in [0.29, 0.717) is 26.4 Å². The molecular weight excluding hydrogens is 274 g/mol. The van der Waals surface area contributed by atoms with Gasteiger partial charge in [-0.1, -0.05) is 6.92 Å². The number of ether oxygens (including phenoxy) is 2. The maximum absolute atomic E-state index is 12.4. The monoisotopic (exact) mass is 301 g/mol. The Bertz CT molecular complexity index is 338. The summed E-state index contributed by atoms with van der Waals surface area (Å²) in [5.74, 6) is -0.448. The summed E-state index contributed by atoms with van der Waals surface area (Å²) >= 11 is 0. The number of likely N-dealkylation sites (N-methyl/N-ethyl adjacent to an activating group) is 1. The number of hydrogen-bond donors (Lipinski definition) is 2. The second-order valence-corrected chi connectivity index (χ2v) is 5.24. The minimum Gasteiger partial charge on any atom is -0.383 e. The van der Waals surface area contributed by atoms with Crippen molar-refractivity contribution in [2.24, 2.45) is 5.92 Å². The molecule has 7 nitrogen and oxygen atoms in total. The molecule has 0 aromatic heterocycles. The minimum atomic E-state index is -0.215. The number of carbonyl (C=O) groups is 2. The molecule has 0 saturated carbocycles. The summed E-state index contributed by atoms with van der Waals surface area (Å²) in [6.45, 7) is 4.86. The highest BCUT2D eigenvalue weighted by Gasteiger charge is 2.35. The van der Waals surface area contributed by atoms with E-state index in [1.54, 1.807) is 14.2 Å². The Hall–Kier alpha value is -1.18. The first-order valence-corrected chi connectivity index (χ1v) is 7.41. The van der Waals surface area contributed by atoms with E-state index in [0.717, 1.165) is 13.0 Å². The molecule has 1 fully saturated rings. The van der Waals surface area contributed by atoms with E-state index in [-0.39, 0.29) is 30.3 Å². The zero-order valence-corrected chi connectivity index (χ0v) is 13.2. The van der Waals surface area contributed by atoms with Crippen LogP contribution in [0.15, 0.2) is 0 Å². The average molecular weight is 301 g/mol. The van der Waals surface area contributed by atoms with E-state index >= 15 is 0 Å². The van der Waals surface area contributed by atoms with Crippen molar-refractivity contribution in [3.8, 4) is 0 Å². The lowest BCUT2D eigenvalue weighted by atomic mass is 10.0. The molecule has 1 saturated heterocycles. The van der Waals surface area contributed by atoms with Crippen LogP contribution < -0.4 is 10.6 Å². The number of carbonyl (C=O) groups excluding carboxylic acids is 2. The molecule has 1 rings (SSSR count). The van der Waals surface area contributed by atoms with Gasteiger partial charge in [0.1, 0.15) is 0 Å². The van der Waals surface area contributed by atoms with Crippen molar-refractivity contribution in [3.63, 3.8) is 0 Å². The molecule has 1 aliphatic heterocycles. The Morgan fingerprint density at radius 2 is 2.10 bits per heavy atom. The van der Waals surface area contributed by atoms with Crippen LogP contribution in [0.1, 0.15) is 13.3 Å². The number of nitrogens with zero attached hydrogens (tertiary/aromatic N) is 1. The molecular formula is C14H27N3O4. The molecule has 21 heavy (non-hydrogen) atoms. The number of rotatable bonds is 9. The lowest BCUT2D eigenvalue weighted by Crippen LogP contribution is -2.47. The van der Waals surface area contributed by atoms with E-state index in [9.17, 15) is 9.59 Å². The summed E-state index contributed by atoms with van der Waals surface area (Å²) in [4.78, 5) is 25.5. The quantitative estimate of drug-likeness (QED) is 0.546. The highest BCUT2D eigenvalue weighted by atomic mass is 16.5. The van der Waals surface area contributed by atoms with E-state index in [1.165, 1.54) is 4.90 Å². The van der Waals surface area contributed by atoms with Crippen molar-refractivity contribution >= 4 is 11.8 Å². The molecule has 0 aromatic carbocycles. The van der Waals surface area contributed by atoms with Crippen molar-refractivity contribution in [2.45, 2.75) is 19.4 Å². The zero-order chi connectivity index (χ0) is 15.7. The number of nitrogens with one attached hydrogen (secondary N) is 2. The van der Waals surface area contributed by atoms with Gasteiger partial charge < -0.3 is 25.0 Å². The third-order valence-electron chi connectivity index (χ3n) is 3.44. The second kappa shape index (κ2) is 9.70. The lowest BCUT2D eigenvalue weighted by molar-refractivity contribution is -0.138. The minimum absolute atomic E-state index is 0.0384. The van der Waals surface area contributed by atoms with Crippen LogP contribution in [-0.2, 0) is 19.1 Å². The van der Waals surface area contributed by atoms with Crippen LogP contribution in [0.2, 0.25) is 0 Å². The predicted octanol–water partition coefficient (Wildman–Crippen LogP) is -0.778. The molecule has 2 N–H and O–H groups in total. The molecule has 1 heterocycles. The Morgan fingerprint density at radius 1 is 1.33 bits per heavy atom. The molecule has 122 valence electrons. The van der Waals surface area contributed by atoms with E-state index in [4.69, 9.17) is 9.47 Å². The summed E-state index contributed by atoms with van der Waals surface area (Å²) in [5.41, 5.74) is 0. The largest absolute Gasteiger partial charge is 0.383 e. The molecule has 0 aromatic rings. The van der Waals surface area contributed by atoms with Gasteiger partial charge in [0.2, 0.25) is 11.8 Å². The first kappa shape index (κ1) is 17.9. The van der Waals surface area contributed by atoms with Gasteiger partial charge in [-0.3, -0.25) is 9.59 Å². The van der Waals surface area contributed by atoms with Crippen LogP contribution in [0, 0.1) is 5.92 Å². The first-order valence-electron chi connectivity index (χ1n) is 7.41. The Morgan fingerprint density at radius 3 is 2.76 bits per heavy atom. The fourth-order valence-corrected chi connectivity index (χ4v) is 2.25. The van der Waals surface area contributed by atoms with Crippen molar-refractivity contribution in [2.75, 3.05) is 53.6 Å². The fourth-order valence-electron chi connectivity index (χ4n) is 2.25. The summed E-state index contributed by atoms with van der Waals surface area (Å²) in [6, 6.07) is 0.0384. The maximum Gasteiger partial charge on any atom is 0.239 e. The van der Waals surface area contributed by atoms with Crippen molar-refractivity contribution < 1.29 is 19.1 Å². The Balaban J connectivity index is 2.40. The van der Waals surface area contributed by atoms with E-state index in [2.05, 4.69) is 17.6 Å². The lowest BCUT2D eigenvalue weighted by Gasteiger charge is -2.24. The SMILES string of the molecule is CCCNC1COCC1C(=O)N(C)CC(=O)NCCOC. The van der Waals surface area contributed by atoms with Crippen LogP contribution in [0.25, 0.3) is 0 Å². The van der Waals surface area contributed by atoms with Gasteiger partial charge in [0.15, 0.2) is 0 Å². The summed E-state index contributed by atoms with van der Waals surface area (Å²) in [7, 11) is 3.22. The molecule has 0 radical (unpaired) electrons. The number of methoxy groups -OCH3 is 1. The molecule has 2 amide bonds. The molecule has 2 unspecified atom stereocenters. The molecule has 2 atom stereocenters. The first-order chi connectivity index (χ1) is 10.1. The van der Waals surface area contributed by atoms with Crippen LogP contribution in [-0.4, -0.2) is 76.4 Å².